The molecule has 0 spiro atoms. The van der Waals surface area contributed by atoms with Gasteiger partial charge in [0.05, 0.1) is 11.7 Å². The molecule has 0 saturated heterocycles. The van der Waals surface area contributed by atoms with Crippen LogP contribution in [0.15, 0.2) is 97.5 Å². The van der Waals surface area contributed by atoms with Gasteiger partial charge in [0, 0.05) is 35.8 Å². The van der Waals surface area contributed by atoms with E-state index in [-0.39, 0.29) is 11.9 Å². The minimum absolute atomic E-state index is 0.0758. The summed E-state index contributed by atoms with van der Waals surface area (Å²) in [6.07, 6.45) is 8.76. The Hall–Kier alpha value is -3.99. The maximum absolute atomic E-state index is 12.5. The Kier molecular flexibility index (Phi) is 5.80. The van der Waals surface area contributed by atoms with Crippen LogP contribution in [-0.2, 0) is 4.79 Å². The fourth-order valence-corrected chi connectivity index (χ4v) is 3.20. The number of hydrogen-bond donors (Lipinski definition) is 1. The molecule has 1 atom stereocenters. The van der Waals surface area contributed by atoms with Gasteiger partial charge < -0.3 is 5.32 Å². The summed E-state index contributed by atoms with van der Waals surface area (Å²) >= 11 is 0. The zero-order valence-corrected chi connectivity index (χ0v) is 16.6. The van der Waals surface area contributed by atoms with Crippen LogP contribution < -0.4 is 5.32 Å². The van der Waals surface area contributed by atoms with Crippen LogP contribution >= 0.6 is 0 Å². The lowest BCUT2D eigenvalue weighted by atomic mass is 10.1. The van der Waals surface area contributed by atoms with Gasteiger partial charge in [-0.1, -0.05) is 48.5 Å². The summed E-state index contributed by atoms with van der Waals surface area (Å²) in [7, 11) is 0. The molecule has 0 saturated carbocycles. The number of nitrogens with one attached hydrogen (secondary N) is 1. The highest BCUT2D eigenvalue weighted by atomic mass is 16.1. The number of carbonyl (C=O) groups excluding carboxylic acids is 1. The molecule has 0 bridgehead atoms. The number of aromatic nitrogens is 3. The number of rotatable bonds is 6. The Morgan fingerprint density at radius 3 is 2.43 bits per heavy atom. The lowest BCUT2D eigenvalue weighted by molar-refractivity contribution is -0.117. The van der Waals surface area contributed by atoms with Gasteiger partial charge in [-0.2, -0.15) is 5.10 Å². The van der Waals surface area contributed by atoms with E-state index in [2.05, 4.69) is 10.3 Å². The largest absolute Gasteiger partial charge is 0.346 e. The number of benzene rings is 2. The molecule has 1 unspecified atom stereocenters. The second kappa shape index (κ2) is 9.01. The summed E-state index contributed by atoms with van der Waals surface area (Å²) in [6.45, 7) is 1.97. The van der Waals surface area contributed by atoms with Crippen LogP contribution in [0.4, 0.5) is 0 Å². The lowest BCUT2D eigenvalue weighted by Gasteiger charge is -2.12. The lowest BCUT2D eigenvalue weighted by Crippen LogP contribution is -2.24. The molecule has 0 radical (unpaired) electrons. The first-order chi connectivity index (χ1) is 14.7. The monoisotopic (exact) mass is 394 g/mol. The van der Waals surface area contributed by atoms with E-state index in [4.69, 9.17) is 5.10 Å². The molecule has 0 aliphatic rings. The van der Waals surface area contributed by atoms with Gasteiger partial charge in [-0.25, -0.2) is 4.68 Å². The second-order valence-electron chi connectivity index (χ2n) is 6.93. The minimum atomic E-state index is -0.157. The van der Waals surface area contributed by atoms with Crippen LogP contribution in [0.3, 0.4) is 0 Å². The SMILES string of the molecule is CC(NC(=O)/C=C/c1cn(-c2ccccc2)nc1-c1cccnc1)c1ccccc1. The highest BCUT2D eigenvalue weighted by Crippen LogP contribution is 2.24. The van der Waals surface area contributed by atoms with Crippen molar-refractivity contribution in [3.63, 3.8) is 0 Å². The molecule has 2 aromatic carbocycles. The standard InChI is InChI=1S/C25H22N4O/c1-19(20-9-4-2-5-10-20)27-24(30)15-14-22-18-29(23-12-6-3-7-13-23)28-25(22)21-11-8-16-26-17-21/h2-19H,1H3,(H,27,30)/b15-14+. The molecule has 4 rings (SSSR count). The van der Waals surface area contributed by atoms with Crippen molar-refractivity contribution < 1.29 is 4.79 Å². The number of hydrogen-bond acceptors (Lipinski definition) is 3. The van der Waals surface area contributed by atoms with Crippen molar-refractivity contribution >= 4 is 12.0 Å². The Labute approximate surface area is 175 Å². The van der Waals surface area contributed by atoms with Crippen LogP contribution in [0.5, 0.6) is 0 Å². The van der Waals surface area contributed by atoms with Crippen molar-refractivity contribution in [2.75, 3.05) is 0 Å². The van der Waals surface area contributed by atoms with E-state index >= 15 is 0 Å². The fraction of sp³-hybridized carbons (Fsp3) is 0.0800. The van der Waals surface area contributed by atoms with Crippen LogP contribution in [0.2, 0.25) is 0 Å². The van der Waals surface area contributed by atoms with Crippen molar-refractivity contribution in [1.82, 2.24) is 20.1 Å². The van der Waals surface area contributed by atoms with Crippen molar-refractivity contribution in [2.24, 2.45) is 0 Å². The Morgan fingerprint density at radius 2 is 1.73 bits per heavy atom. The Bertz CT molecular complexity index is 1140. The second-order valence-corrected chi connectivity index (χ2v) is 6.93. The molecule has 1 N–H and O–H groups in total. The van der Waals surface area contributed by atoms with Crippen molar-refractivity contribution in [2.45, 2.75) is 13.0 Å². The van der Waals surface area contributed by atoms with Crippen molar-refractivity contribution in [3.8, 4) is 16.9 Å². The van der Waals surface area contributed by atoms with E-state index in [9.17, 15) is 4.79 Å². The van der Waals surface area contributed by atoms with E-state index < -0.39 is 0 Å². The molecule has 5 nitrogen and oxygen atoms in total. The third-order valence-electron chi connectivity index (χ3n) is 4.77. The van der Waals surface area contributed by atoms with Gasteiger partial charge >= 0.3 is 0 Å². The van der Waals surface area contributed by atoms with E-state index in [1.54, 1.807) is 24.5 Å². The van der Waals surface area contributed by atoms with Crippen molar-refractivity contribution in [3.05, 3.63) is 109 Å². The maximum Gasteiger partial charge on any atom is 0.244 e. The number of carbonyl (C=O) groups is 1. The molecule has 0 aliphatic heterocycles. The van der Waals surface area contributed by atoms with Gasteiger partial charge in [-0.15, -0.1) is 0 Å². The minimum Gasteiger partial charge on any atom is -0.346 e. The predicted octanol–water partition coefficient (Wildman–Crippen LogP) is 4.82. The molecule has 0 aliphatic carbocycles. The first-order valence-electron chi connectivity index (χ1n) is 9.80. The number of para-hydroxylation sites is 1. The van der Waals surface area contributed by atoms with Crippen LogP contribution in [0.1, 0.15) is 24.1 Å². The first-order valence-corrected chi connectivity index (χ1v) is 9.80. The fourth-order valence-electron chi connectivity index (χ4n) is 3.20. The molecule has 5 heteroatoms. The van der Waals surface area contributed by atoms with Crippen LogP contribution in [0, 0.1) is 0 Å². The average Bonchev–Trinajstić information content (AvgIpc) is 3.24. The van der Waals surface area contributed by atoms with Gasteiger partial charge in [0.15, 0.2) is 0 Å². The first kappa shape index (κ1) is 19.3. The molecule has 2 aromatic heterocycles. The highest BCUT2D eigenvalue weighted by Gasteiger charge is 2.12. The van der Waals surface area contributed by atoms with E-state index in [1.165, 1.54) is 0 Å². The highest BCUT2D eigenvalue weighted by molar-refractivity contribution is 5.93. The van der Waals surface area contributed by atoms with Gasteiger partial charge in [-0.3, -0.25) is 9.78 Å². The molecule has 148 valence electrons. The number of amides is 1. The van der Waals surface area contributed by atoms with Crippen molar-refractivity contribution in [1.29, 1.82) is 0 Å². The summed E-state index contributed by atoms with van der Waals surface area (Å²) in [4.78, 5) is 16.7. The van der Waals surface area contributed by atoms with E-state index in [1.807, 2.05) is 90.6 Å². The third-order valence-corrected chi connectivity index (χ3v) is 4.77. The summed E-state index contributed by atoms with van der Waals surface area (Å²) < 4.78 is 1.81. The molecular formula is C25H22N4O. The van der Waals surface area contributed by atoms with Crippen LogP contribution in [0.25, 0.3) is 23.0 Å². The third kappa shape index (κ3) is 4.52. The Balaban J connectivity index is 1.59. The number of nitrogens with zero attached hydrogens (tertiary/aromatic N) is 3. The van der Waals surface area contributed by atoms with Gasteiger partial charge in [0.25, 0.3) is 0 Å². The smallest absolute Gasteiger partial charge is 0.244 e. The molecule has 30 heavy (non-hydrogen) atoms. The summed E-state index contributed by atoms with van der Waals surface area (Å²) in [5.41, 5.74) is 4.52. The quantitative estimate of drug-likeness (QED) is 0.477. The van der Waals surface area contributed by atoms with Gasteiger partial charge in [0.1, 0.15) is 5.69 Å². The van der Waals surface area contributed by atoms with Gasteiger partial charge in [-0.05, 0) is 42.8 Å². The molecule has 4 aromatic rings. The summed E-state index contributed by atoms with van der Waals surface area (Å²) in [5.74, 6) is -0.157. The van der Waals surface area contributed by atoms with E-state index in [0.29, 0.717) is 0 Å². The molecule has 1 amide bonds. The topological polar surface area (TPSA) is 59.8 Å². The number of pyridine rings is 1. The zero-order valence-electron chi connectivity index (χ0n) is 16.6. The normalized spacial score (nSPS) is 12.0. The van der Waals surface area contributed by atoms with Crippen LogP contribution in [-0.4, -0.2) is 20.7 Å². The van der Waals surface area contributed by atoms with Gasteiger partial charge in [0.2, 0.25) is 5.91 Å². The molecule has 2 heterocycles. The molecule has 0 fully saturated rings. The molecular weight excluding hydrogens is 372 g/mol. The average molecular weight is 394 g/mol. The predicted molar refractivity (Wildman–Crippen MR) is 119 cm³/mol. The van der Waals surface area contributed by atoms with E-state index in [0.717, 1.165) is 28.1 Å². The maximum atomic E-state index is 12.5. The zero-order chi connectivity index (χ0) is 20.8. The summed E-state index contributed by atoms with van der Waals surface area (Å²) in [5, 5.41) is 7.73. The summed E-state index contributed by atoms with van der Waals surface area (Å²) in [6, 6.07) is 23.5. The Morgan fingerprint density at radius 1 is 1.00 bits per heavy atom.